The molecule has 0 fully saturated rings. The largest absolute Gasteiger partial charge is 0.468 e. The second-order valence-corrected chi connectivity index (χ2v) is 7.88. The molecule has 1 atom stereocenters. The predicted octanol–water partition coefficient (Wildman–Crippen LogP) is 5.03. The fourth-order valence-corrected chi connectivity index (χ4v) is 3.73. The van der Waals surface area contributed by atoms with Crippen LogP contribution in [0.3, 0.4) is 0 Å². The van der Waals surface area contributed by atoms with Gasteiger partial charge in [-0.15, -0.1) is 0 Å². The molecule has 0 aliphatic carbocycles. The predicted molar refractivity (Wildman–Crippen MR) is 125 cm³/mol. The second-order valence-electron chi connectivity index (χ2n) is 7.88. The molecule has 35 heavy (non-hydrogen) atoms. The fraction of sp³-hybridized carbons (Fsp3) is 0.154. The van der Waals surface area contributed by atoms with Crippen LogP contribution in [0.5, 0.6) is 11.5 Å². The standard InChI is InChI=1S/C26H21F3N2O4/c1-34-25(33)22(30)12-15-6-9-17(10-7-15)35-18-11-8-16(21(14-18)26(27,28)29)13-20-19-4-2-3-5-23(19)31-24(20)32/h2-11,13-14,22H,12,30H2,1H3,(H,31,32). The van der Waals surface area contributed by atoms with E-state index >= 15 is 0 Å². The molecule has 1 heterocycles. The summed E-state index contributed by atoms with van der Waals surface area (Å²) in [6.45, 7) is 0. The van der Waals surface area contributed by atoms with E-state index in [0.717, 1.165) is 11.6 Å². The van der Waals surface area contributed by atoms with Crippen LogP contribution in [0.25, 0.3) is 11.6 Å². The van der Waals surface area contributed by atoms with Crippen molar-refractivity contribution in [2.24, 2.45) is 5.73 Å². The van der Waals surface area contributed by atoms with Crippen molar-refractivity contribution in [3.8, 4) is 11.5 Å². The fourth-order valence-electron chi connectivity index (χ4n) is 3.73. The van der Waals surface area contributed by atoms with Gasteiger partial charge in [-0.1, -0.05) is 36.4 Å². The van der Waals surface area contributed by atoms with Crippen molar-refractivity contribution in [1.82, 2.24) is 0 Å². The molecule has 3 aromatic carbocycles. The summed E-state index contributed by atoms with van der Waals surface area (Å²) in [5, 5.41) is 2.65. The number of anilines is 1. The molecule has 6 nitrogen and oxygen atoms in total. The van der Waals surface area contributed by atoms with Crippen LogP contribution < -0.4 is 15.8 Å². The highest BCUT2D eigenvalue weighted by molar-refractivity contribution is 6.34. The van der Waals surface area contributed by atoms with E-state index in [0.29, 0.717) is 17.0 Å². The molecule has 180 valence electrons. The van der Waals surface area contributed by atoms with Gasteiger partial charge >= 0.3 is 12.1 Å². The van der Waals surface area contributed by atoms with Crippen LogP contribution in [-0.2, 0) is 26.9 Å². The molecule has 0 radical (unpaired) electrons. The van der Waals surface area contributed by atoms with Gasteiger partial charge in [0.1, 0.15) is 17.5 Å². The maximum absolute atomic E-state index is 13.9. The molecule has 1 aliphatic rings. The second kappa shape index (κ2) is 9.63. The first-order chi connectivity index (χ1) is 16.7. The van der Waals surface area contributed by atoms with E-state index in [1.165, 1.54) is 25.3 Å². The number of carbonyl (C=O) groups is 2. The maximum atomic E-state index is 13.9. The van der Waals surface area contributed by atoms with Gasteiger partial charge in [-0.25, -0.2) is 0 Å². The van der Waals surface area contributed by atoms with Crippen LogP contribution in [0, 0.1) is 0 Å². The van der Waals surface area contributed by atoms with E-state index in [1.54, 1.807) is 48.5 Å². The highest BCUT2D eigenvalue weighted by Gasteiger charge is 2.34. The van der Waals surface area contributed by atoms with Crippen LogP contribution in [0.15, 0.2) is 66.7 Å². The third-order valence-electron chi connectivity index (χ3n) is 5.46. The number of ether oxygens (including phenoxy) is 2. The lowest BCUT2D eigenvalue weighted by atomic mass is 10.00. The van der Waals surface area contributed by atoms with Gasteiger partial charge in [-0.2, -0.15) is 13.2 Å². The van der Waals surface area contributed by atoms with Crippen molar-refractivity contribution >= 4 is 29.2 Å². The van der Waals surface area contributed by atoms with Crippen molar-refractivity contribution in [3.05, 3.63) is 89.0 Å². The summed E-state index contributed by atoms with van der Waals surface area (Å²) >= 11 is 0. The minimum absolute atomic E-state index is 0.0187. The summed E-state index contributed by atoms with van der Waals surface area (Å²) < 4.78 is 51.8. The molecule has 3 N–H and O–H groups in total. The van der Waals surface area contributed by atoms with Crippen molar-refractivity contribution < 1.29 is 32.2 Å². The summed E-state index contributed by atoms with van der Waals surface area (Å²) in [4.78, 5) is 23.8. The molecule has 0 saturated heterocycles. The zero-order chi connectivity index (χ0) is 25.2. The van der Waals surface area contributed by atoms with Gasteiger partial charge in [0.05, 0.1) is 12.7 Å². The zero-order valence-corrected chi connectivity index (χ0v) is 18.6. The minimum Gasteiger partial charge on any atom is -0.468 e. The number of hydrogen-bond donors (Lipinski definition) is 2. The summed E-state index contributed by atoms with van der Waals surface area (Å²) in [6, 6.07) is 16.0. The quantitative estimate of drug-likeness (QED) is 0.380. The molecule has 9 heteroatoms. The number of nitrogens with two attached hydrogens (primary N) is 1. The number of halogens is 3. The highest BCUT2D eigenvalue weighted by Crippen LogP contribution is 2.39. The number of benzene rings is 3. The molecular formula is C26H21F3N2O4. The van der Waals surface area contributed by atoms with Gasteiger partial charge < -0.3 is 20.5 Å². The lowest BCUT2D eigenvalue weighted by molar-refractivity contribution is -0.142. The molecular weight excluding hydrogens is 461 g/mol. The molecule has 0 saturated carbocycles. The third-order valence-corrected chi connectivity index (χ3v) is 5.46. The van der Waals surface area contributed by atoms with Crippen LogP contribution in [-0.4, -0.2) is 25.0 Å². The smallest absolute Gasteiger partial charge is 0.417 e. The molecule has 1 unspecified atom stereocenters. The van der Waals surface area contributed by atoms with E-state index in [-0.39, 0.29) is 23.3 Å². The molecule has 3 aromatic rings. The number of hydrogen-bond acceptors (Lipinski definition) is 5. The number of alkyl halides is 3. The Kier molecular flexibility index (Phi) is 6.61. The summed E-state index contributed by atoms with van der Waals surface area (Å²) in [7, 11) is 1.25. The average Bonchev–Trinajstić information content (AvgIpc) is 3.14. The molecule has 0 spiro atoms. The van der Waals surface area contributed by atoms with Crippen molar-refractivity contribution in [2.75, 3.05) is 12.4 Å². The number of amides is 1. The Morgan fingerprint density at radius 3 is 2.43 bits per heavy atom. The number of rotatable bonds is 6. The van der Waals surface area contributed by atoms with Crippen molar-refractivity contribution in [3.63, 3.8) is 0 Å². The van der Waals surface area contributed by atoms with Gasteiger partial charge in [0.2, 0.25) is 0 Å². The van der Waals surface area contributed by atoms with Crippen molar-refractivity contribution in [2.45, 2.75) is 18.6 Å². The lowest BCUT2D eigenvalue weighted by Gasteiger charge is -2.14. The molecule has 4 rings (SSSR count). The van der Waals surface area contributed by atoms with Crippen LogP contribution in [0.4, 0.5) is 18.9 Å². The van der Waals surface area contributed by atoms with Crippen molar-refractivity contribution in [1.29, 1.82) is 0 Å². The van der Waals surface area contributed by atoms with E-state index < -0.39 is 29.7 Å². The number of nitrogens with one attached hydrogen (secondary N) is 1. The number of fused-ring (bicyclic) bond motifs is 1. The van der Waals surface area contributed by atoms with Gasteiger partial charge in [-0.05, 0) is 54.0 Å². The Hall–Kier alpha value is -4.11. The Labute approximate surface area is 199 Å². The van der Waals surface area contributed by atoms with E-state index in [2.05, 4.69) is 10.1 Å². The van der Waals surface area contributed by atoms with Gasteiger partial charge in [0.25, 0.3) is 5.91 Å². The Bertz CT molecular complexity index is 1300. The lowest BCUT2D eigenvalue weighted by Crippen LogP contribution is -2.33. The summed E-state index contributed by atoms with van der Waals surface area (Å²) in [5.41, 5.74) is 6.64. The highest BCUT2D eigenvalue weighted by atomic mass is 19.4. The Morgan fingerprint density at radius 1 is 1.06 bits per heavy atom. The van der Waals surface area contributed by atoms with E-state index in [1.807, 2.05) is 0 Å². The number of esters is 1. The monoisotopic (exact) mass is 482 g/mol. The summed E-state index contributed by atoms with van der Waals surface area (Å²) in [6.07, 6.45) is -3.20. The first kappa shape index (κ1) is 24.0. The molecule has 0 aromatic heterocycles. The Morgan fingerprint density at radius 2 is 1.74 bits per heavy atom. The van der Waals surface area contributed by atoms with Crippen LogP contribution in [0.2, 0.25) is 0 Å². The van der Waals surface area contributed by atoms with Gasteiger partial charge in [-0.3, -0.25) is 9.59 Å². The topological polar surface area (TPSA) is 90.7 Å². The maximum Gasteiger partial charge on any atom is 0.417 e. The Balaban J connectivity index is 1.59. The van der Waals surface area contributed by atoms with Crippen LogP contribution >= 0.6 is 0 Å². The minimum atomic E-state index is -4.67. The molecule has 1 amide bonds. The summed E-state index contributed by atoms with van der Waals surface area (Å²) in [5.74, 6) is -0.719. The normalized spacial score (nSPS) is 14.9. The number of methoxy groups -OCH3 is 1. The SMILES string of the molecule is COC(=O)C(N)Cc1ccc(Oc2ccc(C=C3C(=O)Nc4ccccc43)c(C(F)(F)F)c2)cc1. The third kappa shape index (κ3) is 5.36. The van der Waals surface area contributed by atoms with Gasteiger partial charge in [0.15, 0.2) is 0 Å². The number of para-hydroxylation sites is 1. The first-order valence-corrected chi connectivity index (χ1v) is 10.6. The first-order valence-electron chi connectivity index (χ1n) is 10.6. The van der Waals surface area contributed by atoms with E-state index in [4.69, 9.17) is 10.5 Å². The van der Waals surface area contributed by atoms with Gasteiger partial charge in [0, 0.05) is 16.8 Å². The average molecular weight is 482 g/mol. The molecule has 1 aliphatic heterocycles. The zero-order valence-electron chi connectivity index (χ0n) is 18.6. The van der Waals surface area contributed by atoms with E-state index in [9.17, 15) is 22.8 Å². The number of carbonyl (C=O) groups excluding carboxylic acids is 2. The van der Waals surface area contributed by atoms with Crippen LogP contribution in [0.1, 0.15) is 22.3 Å². The molecule has 0 bridgehead atoms.